The minimum absolute atomic E-state index is 0.169. The highest BCUT2D eigenvalue weighted by molar-refractivity contribution is 5.44. The van der Waals surface area contributed by atoms with Crippen LogP contribution >= 0.6 is 0 Å². The molecule has 1 rings (SSSR count). The lowest BCUT2D eigenvalue weighted by molar-refractivity contribution is 0.351. The lowest BCUT2D eigenvalue weighted by atomic mass is 10.4. The number of benzene rings is 1. The van der Waals surface area contributed by atoms with E-state index in [1.54, 1.807) is 19.2 Å². The van der Waals surface area contributed by atoms with Crippen molar-refractivity contribution in [3.63, 3.8) is 0 Å². The summed E-state index contributed by atoms with van der Waals surface area (Å²) in [5.41, 5.74) is 0. The summed E-state index contributed by atoms with van der Waals surface area (Å²) in [5, 5.41) is 9.03. The van der Waals surface area contributed by atoms with Gasteiger partial charge in [0.05, 0.1) is 14.2 Å². The maximum Gasteiger partial charge on any atom is 0.164 e. The van der Waals surface area contributed by atoms with Gasteiger partial charge in [-0.15, -0.1) is 0 Å². The lowest BCUT2D eigenvalue weighted by Crippen LogP contribution is -1.88. The van der Waals surface area contributed by atoms with E-state index in [0.717, 1.165) is 0 Å². The van der Waals surface area contributed by atoms with Crippen LogP contribution in [0.25, 0.3) is 0 Å². The van der Waals surface area contributed by atoms with Crippen LogP contribution in [0.5, 0.6) is 17.2 Å². The largest absolute Gasteiger partial charge is 0.508 e. The standard InChI is InChI=1S/C8H10O3/c1-10-7-4-3-6(9)5-8(7)11-2/h3-5,9H,1-2H3/i6+1. The van der Waals surface area contributed by atoms with Gasteiger partial charge in [0, 0.05) is 6.07 Å². The Hall–Kier alpha value is -1.38. The van der Waals surface area contributed by atoms with Crippen LogP contribution in [0.2, 0.25) is 0 Å². The first-order chi connectivity index (χ1) is 5.27. The predicted molar refractivity (Wildman–Crippen MR) is 41.2 cm³/mol. The van der Waals surface area contributed by atoms with Gasteiger partial charge in [0.15, 0.2) is 11.5 Å². The summed E-state index contributed by atoms with van der Waals surface area (Å²) in [6.45, 7) is 0. The summed E-state index contributed by atoms with van der Waals surface area (Å²) in [5.74, 6) is 1.32. The molecule has 0 saturated heterocycles. The van der Waals surface area contributed by atoms with Crippen molar-refractivity contribution in [2.75, 3.05) is 14.2 Å². The molecule has 1 aromatic rings. The van der Waals surface area contributed by atoms with Crippen LogP contribution in [0.15, 0.2) is 18.2 Å². The van der Waals surface area contributed by atoms with Gasteiger partial charge in [-0.1, -0.05) is 0 Å². The number of hydrogen-bond donors (Lipinski definition) is 1. The molecule has 0 aliphatic rings. The van der Waals surface area contributed by atoms with Crippen LogP contribution in [0.4, 0.5) is 0 Å². The van der Waals surface area contributed by atoms with Crippen LogP contribution in [-0.2, 0) is 0 Å². The SMILES string of the molecule is COc1cc[13c](O)cc1OC. The third-order valence-corrected chi connectivity index (χ3v) is 1.37. The molecule has 0 spiro atoms. The molecule has 0 atom stereocenters. The Bertz CT molecular complexity index is 245. The van der Waals surface area contributed by atoms with Gasteiger partial charge >= 0.3 is 0 Å². The first-order valence-electron chi connectivity index (χ1n) is 3.19. The average molecular weight is 155 g/mol. The molecule has 0 fully saturated rings. The monoisotopic (exact) mass is 155 g/mol. The number of aromatic hydroxyl groups is 1. The molecular weight excluding hydrogens is 145 g/mol. The van der Waals surface area contributed by atoms with Crippen LogP contribution in [0.3, 0.4) is 0 Å². The highest BCUT2D eigenvalue weighted by atomic mass is 16.5. The summed E-state index contributed by atoms with van der Waals surface area (Å²) < 4.78 is 9.89. The molecule has 0 aromatic heterocycles. The Morgan fingerprint density at radius 2 is 1.73 bits per heavy atom. The maximum absolute atomic E-state index is 9.03. The van der Waals surface area contributed by atoms with E-state index in [9.17, 15) is 0 Å². The van der Waals surface area contributed by atoms with Crippen LogP contribution in [-0.4, -0.2) is 19.3 Å². The molecule has 0 radical (unpaired) electrons. The Labute approximate surface area is 65.2 Å². The fourth-order valence-electron chi connectivity index (χ4n) is 0.825. The Balaban J connectivity index is 3.06. The van der Waals surface area contributed by atoms with Crippen molar-refractivity contribution in [2.24, 2.45) is 0 Å². The molecule has 11 heavy (non-hydrogen) atoms. The number of methoxy groups -OCH3 is 2. The molecule has 0 heterocycles. The quantitative estimate of drug-likeness (QED) is 0.701. The van der Waals surface area contributed by atoms with Crippen LogP contribution < -0.4 is 9.47 Å². The van der Waals surface area contributed by atoms with Gasteiger partial charge < -0.3 is 14.6 Å². The minimum atomic E-state index is 0.169. The van der Waals surface area contributed by atoms with Gasteiger partial charge in [0.1, 0.15) is 5.75 Å². The summed E-state index contributed by atoms with van der Waals surface area (Å²) >= 11 is 0. The Morgan fingerprint density at radius 3 is 2.27 bits per heavy atom. The van der Waals surface area contributed by atoms with Gasteiger partial charge in [-0.2, -0.15) is 0 Å². The van der Waals surface area contributed by atoms with Crippen molar-refractivity contribution in [3.05, 3.63) is 18.2 Å². The fourth-order valence-corrected chi connectivity index (χ4v) is 0.825. The molecule has 0 aliphatic carbocycles. The summed E-state index contributed by atoms with van der Waals surface area (Å²) in [4.78, 5) is 0. The Kier molecular flexibility index (Phi) is 2.21. The van der Waals surface area contributed by atoms with Gasteiger partial charge in [0.25, 0.3) is 0 Å². The second-order valence-corrected chi connectivity index (χ2v) is 2.04. The van der Waals surface area contributed by atoms with Crippen molar-refractivity contribution >= 4 is 0 Å². The highest BCUT2D eigenvalue weighted by Gasteiger charge is 2.01. The Morgan fingerprint density at radius 1 is 1.09 bits per heavy atom. The first kappa shape index (κ1) is 7.72. The fraction of sp³-hybridized carbons (Fsp3) is 0.250. The van der Waals surface area contributed by atoms with Gasteiger partial charge in [0.2, 0.25) is 0 Å². The van der Waals surface area contributed by atoms with Crippen molar-refractivity contribution in [1.82, 2.24) is 0 Å². The van der Waals surface area contributed by atoms with E-state index in [0.29, 0.717) is 11.5 Å². The second kappa shape index (κ2) is 3.14. The van der Waals surface area contributed by atoms with Crippen molar-refractivity contribution < 1.29 is 14.6 Å². The highest BCUT2D eigenvalue weighted by Crippen LogP contribution is 2.29. The van der Waals surface area contributed by atoms with Gasteiger partial charge in [-0.05, 0) is 12.1 Å². The predicted octanol–water partition coefficient (Wildman–Crippen LogP) is 1.41. The van der Waals surface area contributed by atoms with E-state index < -0.39 is 0 Å². The molecule has 60 valence electrons. The van der Waals surface area contributed by atoms with E-state index in [-0.39, 0.29) is 5.75 Å². The minimum Gasteiger partial charge on any atom is -0.508 e. The molecule has 0 unspecified atom stereocenters. The van der Waals surface area contributed by atoms with Crippen molar-refractivity contribution in [1.29, 1.82) is 0 Å². The average Bonchev–Trinajstić information content (AvgIpc) is 2.04. The lowest BCUT2D eigenvalue weighted by Gasteiger charge is -2.06. The zero-order valence-electron chi connectivity index (χ0n) is 6.50. The molecule has 1 N–H and O–H groups in total. The van der Waals surface area contributed by atoms with E-state index in [4.69, 9.17) is 14.6 Å². The molecule has 0 aliphatic heterocycles. The number of hydrogen-bond acceptors (Lipinski definition) is 3. The summed E-state index contributed by atoms with van der Waals surface area (Å²) in [6.07, 6.45) is 0. The van der Waals surface area contributed by atoms with Crippen LogP contribution in [0, 0.1) is 0 Å². The number of phenolic OH excluding ortho intramolecular Hbond substituents is 1. The molecule has 3 nitrogen and oxygen atoms in total. The first-order valence-corrected chi connectivity index (χ1v) is 3.19. The molecule has 3 heteroatoms. The van der Waals surface area contributed by atoms with E-state index >= 15 is 0 Å². The number of ether oxygens (including phenoxy) is 2. The van der Waals surface area contributed by atoms with Crippen molar-refractivity contribution in [3.8, 4) is 17.2 Å². The summed E-state index contributed by atoms with van der Waals surface area (Å²) in [6, 6.07) is 4.69. The van der Waals surface area contributed by atoms with Gasteiger partial charge in [-0.3, -0.25) is 0 Å². The summed E-state index contributed by atoms with van der Waals surface area (Å²) in [7, 11) is 3.08. The van der Waals surface area contributed by atoms with Crippen LogP contribution in [0.1, 0.15) is 0 Å². The molecule has 0 amide bonds. The molecule has 1 aromatic carbocycles. The molecule has 0 bridgehead atoms. The van der Waals surface area contributed by atoms with Crippen molar-refractivity contribution in [2.45, 2.75) is 0 Å². The molecule has 0 saturated carbocycles. The van der Waals surface area contributed by atoms with E-state index in [1.807, 2.05) is 0 Å². The maximum atomic E-state index is 9.03. The van der Waals surface area contributed by atoms with E-state index in [2.05, 4.69) is 0 Å². The normalized spacial score (nSPS) is 9.27. The topological polar surface area (TPSA) is 38.7 Å². The zero-order chi connectivity index (χ0) is 8.27. The number of phenols is 1. The number of rotatable bonds is 2. The van der Waals surface area contributed by atoms with Gasteiger partial charge in [-0.25, -0.2) is 0 Å². The van der Waals surface area contributed by atoms with E-state index in [1.165, 1.54) is 13.2 Å². The molecular formula is C8H10O3. The smallest absolute Gasteiger partial charge is 0.164 e. The third-order valence-electron chi connectivity index (χ3n) is 1.37. The zero-order valence-corrected chi connectivity index (χ0v) is 6.50. The second-order valence-electron chi connectivity index (χ2n) is 2.04. The third kappa shape index (κ3) is 1.55.